The van der Waals surface area contributed by atoms with Gasteiger partial charge in [0.15, 0.2) is 0 Å². The van der Waals surface area contributed by atoms with Crippen LogP contribution in [0.25, 0.3) is 22.0 Å². The zero-order valence-corrected chi connectivity index (χ0v) is 20.1. The maximum atomic E-state index is 13.2. The molecule has 0 spiro atoms. The van der Waals surface area contributed by atoms with Gasteiger partial charge in [-0.1, -0.05) is 30.8 Å². The molecule has 3 aromatic rings. The average Bonchev–Trinajstić information content (AvgIpc) is 2.76. The van der Waals surface area contributed by atoms with Crippen molar-refractivity contribution in [3.8, 4) is 17.3 Å². The van der Waals surface area contributed by atoms with Gasteiger partial charge in [-0.15, -0.1) is 0 Å². The van der Waals surface area contributed by atoms with Crippen LogP contribution >= 0.6 is 0 Å². The number of pyridine rings is 1. The molecule has 1 heterocycles. The Morgan fingerprint density at radius 2 is 1.88 bits per heavy atom. The number of amides is 2. The van der Waals surface area contributed by atoms with Gasteiger partial charge in [0.1, 0.15) is 5.60 Å². The molecular weight excluding hydrogens is 428 g/mol. The van der Waals surface area contributed by atoms with Crippen LogP contribution in [-0.2, 0) is 9.53 Å². The molecule has 3 rings (SSSR count). The number of benzene rings is 2. The summed E-state index contributed by atoms with van der Waals surface area (Å²) in [6.45, 7) is 12.5. The Labute approximate surface area is 199 Å². The van der Waals surface area contributed by atoms with Gasteiger partial charge in [0.25, 0.3) is 0 Å². The van der Waals surface area contributed by atoms with E-state index in [1.807, 2.05) is 43.3 Å². The van der Waals surface area contributed by atoms with Crippen LogP contribution < -0.4 is 10.2 Å². The molecule has 34 heavy (non-hydrogen) atoms. The molecule has 0 aliphatic rings. The van der Waals surface area contributed by atoms with E-state index in [1.54, 1.807) is 39.1 Å². The molecule has 0 aliphatic carbocycles. The first-order chi connectivity index (χ1) is 16.0. The number of ether oxygens (including phenoxy) is 1. The van der Waals surface area contributed by atoms with Crippen LogP contribution in [0.1, 0.15) is 33.3 Å². The van der Waals surface area contributed by atoms with Crippen LogP contribution in [0.3, 0.4) is 0 Å². The van der Waals surface area contributed by atoms with Crippen LogP contribution in [-0.4, -0.2) is 29.1 Å². The summed E-state index contributed by atoms with van der Waals surface area (Å²) in [6, 6.07) is 15.3. The van der Waals surface area contributed by atoms with Crippen molar-refractivity contribution in [2.45, 2.75) is 40.2 Å². The molecule has 0 bridgehead atoms. The summed E-state index contributed by atoms with van der Waals surface area (Å²) in [5.74, 6) is -0.167. The molecule has 0 saturated heterocycles. The van der Waals surface area contributed by atoms with Crippen LogP contribution in [0.5, 0.6) is 0 Å². The molecule has 174 valence electrons. The van der Waals surface area contributed by atoms with Crippen LogP contribution in [0.2, 0.25) is 0 Å². The Bertz CT molecular complexity index is 1320. The third-order valence-corrected chi connectivity index (χ3v) is 4.96. The first-order valence-electron chi connectivity index (χ1n) is 10.8. The Morgan fingerprint density at radius 1 is 1.18 bits per heavy atom. The second-order valence-electron chi connectivity index (χ2n) is 9.06. The second kappa shape index (κ2) is 9.75. The highest BCUT2D eigenvalue weighted by Crippen LogP contribution is 2.35. The van der Waals surface area contributed by atoms with E-state index in [0.717, 1.165) is 21.9 Å². The lowest BCUT2D eigenvalue weighted by Gasteiger charge is -2.29. The number of aromatic nitrogens is 1. The highest BCUT2D eigenvalue weighted by molar-refractivity contribution is 6.04. The molecule has 0 aliphatic heterocycles. The van der Waals surface area contributed by atoms with Crippen molar-refractivity contribution in [2.75, 3.05) is 16.8 Å². The number of nitrogens with zero attached hydrogens (tertiary/aromatic N) is 3. The van der Waals surface area contributed by atoms with Crippen LogP contribution in [0.15, 0.2) is 60.8 Å². The average molecular weight is 457 g/mol. The summed E-state index contributed by atoms with van der Waals surface area (Å²) < 4.78 is 5.66. The summed E-state index contributed by atoms with van der Waals surface area (Å²) in [7, 11) is 0. The van der Waals surface area contributed by atoms with Gasteiger partial charge < -0.3 is 10.1 Å². The third kappa shape index (κ3) is 5.78. The number of nitriles is 1. The van der Waals surface area contributed by atoms with Crippen LogP contribution in [0, 0.1) is 18.3 Å². The molecule has 7 heteroatoms. The number of rotatable bonds is 5. The maximum absolute atomic E-state index is 13.2. The van der Waals surface area contributed by atoms with Gasteiger partial charge in [0, 0.05) is 35.3 Å². The predicted octanol–water partition coefficient (Wildman–Crippen LogP) is 5.99. The number of hydrogen-bond acceptors (Lipinski definition) is 5. The number of carbonyl (C=O) groups is 2. The van der Waals surface area contributed by atoms with Gasteiger partial charge in [-0.05, 0) is 56.8 Å². The fourth-order valence-corrected chi connectivity index (χ4v) is 3.58. The molecule has 2 amide bonds. The van der Waals surface area contributed by atoms with E-state index >= 15 is 0 Å². The summed E-state index contributed by atoms with van der Waals surface area (Å²) in [4.78, 5) is 30.6. The zero-order valence-electron chi connectivity index (χ0n) is 20.1. The highest BCUT2D eigenvalue weighted by Gasteiger charge is 2.26. The normalized spacial score (nSPS) is 10.9. The van der Waals surface area contributed by atoms with E-state index in [4.69, 9.17) is 4.74 Å². The first-order valence-corrected chi connectivity index (χ1v) is 10.8. The highest BCUT2D eigenvalue weighted by atomic mass is 16.6. The molecule has 0 fully saturated rings. The van der Waals surface area contributed by atoms with Gasteiger partial charge in [-0.2, -0.15) is 5.26 Å². The van der Waals surface area contributed by atoms with E-state index < -0.39 is 11.7 Å². The SMILES string of the molecule is C=C(C#N)CN(C(=O)OC(C)(C)C)c1c(C)ccc2ccc(-c3cc(NC(C)=O)ccn3)cc12. The quantitative estimate of drug-likeness (QED) is 0.476. The standard InChI is InChI=1S/C27H28N4O3/c1-17(15-28)16-31(26(33)34-27(4,5)6)25-18(2)7-8-20-9-10-21(13-23(20)25)24-14-22(11-12-29-24)30-19(3)32/h7-14H,1,16H2,2-6H3,(H,29,30,32). The van der Waals surface area contributed by atoms with Gasteiger partial charge in [0.2, 0.25) is 5.91 Å². The fraction of sp³-hybridized carbons (Fsp3) is 0.259. The lowest BCUT2D eigenvalue weighted by atomic mass is 9.99. The molecule has 0 unspecified atom stereocenters. The number of aryl methyl sites for hydroxylation is 1. The topological polar surface area (TPSA) is 95.3 Å². The molecule has 1 N–H and O–H groups in total. The Balaban J connectivity index is 2.18. The zero-order chi connectivity index (χ0) is 25.0. The number of nitrogens with one attached hydrogen (secondary N) is 1. The minimum atomic E-state index is -0.707. The van der Waals surface area contributed by atoms with Crippen molar-refractivity contribution >= 4 is 34.1 Å². The largest absolute Gasteiger partial charge is 0.443 e. The van der Waals surface area contributed by atoms with Crippen molar-refractivity contribution in [3.05, 3.63) is 66.4 Å². The monoisotopic (exact) mass is 456 g/mol. The minimum Gasteiger partial charge on any atom is -0.443 e. The van der Waals surface area contributed by atoms with E-state index in [9.17, 15) is 14.9 Å². The first kappa shape index (κ1) is 24.5. The molecule has 7 nitrogen and oxygen atoms in total. The Hall–Kier alpha value is -4.18. The maximum Gasteiger partial charge on any atom is 0.415 e. The third-order valence-electron chi connectivity index (χ3n) is 4.96. The molecule has 0 atom stereocenters. The lowest BCUT2D eigenvalue weighted by Crippen LogP contribution is -2.38. The van der Waals surface area contributed by atoms with Gasteiger partial charge in [-0.25, -0.2) is 4.79 Å². The van der Waals surface area contributed by atoms with Crippen molar-refractivity contribution in [2.24, 2.45) is 0 Å². The number of carbonyl (C=O) groups excluding carboxylic acids is 2. The van der Waals surface area contributed by atoms with E-state index in [-0.39, 0.29) is 18.0 Å². The molecular formula is C27H28N4O3. The Kier molecular flexibility index (Phi) is 7.02. The van der Waals surface area contributed by atoms with Gasteiger partial charge in [0.05, 0.1) is 24.0 Å². The smallest absolute Gasteiger partial charge is 0.415 e. The summed E-state index contributed by atoms with van der Waals surface area (Å²) in [6.07, 6.45) is 1.07. The number of fused-ring (bicyclic) bond motifs is 1. The molecule has 0 saturated carbocycles. The molecule has 2 aromatic carbocycles. The van der Waals surface area contributed by atoms with Crippen molar-refractivity contribution in [1.29, 1.82) is 5.26 Å². The van der Waals surface area contributed by atoms with E-state index in [0.29, 0.717) is 17.1 Å². The summed E-state index contributed by atoms with van der Waals surface area (Å²) >= 11 is 0. The predicted molar refractivity (Wildman–Crippen MR) is 135 cm³/mol. The minimum absolute atomic E-state index is 0.00581. The van der Waals surface area contributed by atoms with Crippen molar-refractivity contribution < 1.29 is 14.3 Å². The van der Waals surface area contributed by atoms with Gasteiger partial charge in [-0.3, -0.25) is 14.7 Å². The second-order valence-corrected chi connectivity index (χ2v) is 9.06. The van der Waals surface area contributed by atoms with Crippen molar-refractivity contribution in [1.82, 2.24) is 4.98 Å². The number of anilines is 2. The molecule has 0 radical (unpaired) electrons. The van der Waals surface area contributed by atoms with Crippen molar-refractivity contribution in [3.63, 3.8) is 0 Å². The number of hydrogen-bond donors (Lipinski definition) is 1. The summed E-state index contributed by atoms with van der Waals surface area (Å²) in [5.41, 5.74) is 3.15. The van der Waals surface area contributed by atoms with Crippen LogP contribution in [0.4, 0.5) is 16.2 Å². The Morgan fingerprint density at radius 3 is 2.53 bits per heavy atom. The lowest BCUT2D eigenvalue weighted by molar-refractivity contribution is -0.114. The van der Waals surface area contributed by atoms with E-state index in [2.05, 4.69) is 16.9 Å². The van der Waals surface area contributed by atoms with Gasteiger partial charge >= 0.3 is 6.09 Å². The molecule has 1 aromatic heterocycles. The fourth-order valence-electron chi connectivity index (χ4n) is 3.58. The summed E-state index contributed by atoms with van der Waals surface area (Å²) in [5, 5.41) is 13.8. The van der Waals surface area contributed by atoms with E-state index in [1.165, 1.54) is 11.8 Å².